The first kappa shape index (κ1) is 11.4. The number of benzene rings is 2. The Hall–Kier alpha value is -2.68. The van der Waals surface area contributed by atoms with Crippen molar-refractivity contribution in [3.05, 3.63) is 66.9 Å². The van der Waals surface area contributed by atoms with E-state index in [1.165, 1.54) is 0 Å². The quantitative estimate of drug-likeness (QED) is 0.755. The monoisotopic (exact) mass is 247 g/mol. The molecule has 0 atom stereocenters. The Morgan fingerprint density at radius 2 is 1.32 bits per heavy atom. The van der Waals surface area contributed by atoms with E-state index in [2.05, 4.69) is 9.97 Å². The molecule has 3 nitrogen and oxygen atoms in total. The maximum Gasteiger partial charge on any atom is 0.150 e. The van der Waals surface area contributed by atoms with Gasteiger partial charge < -0.3 is 5.73 Å². The Morgan fingerprint density at radius 1 is 0.737 bits per heavy atom. The molecule has 0 aliphatic rings. The van der Waals surface area contributed by atoms with Crippen LogP contribution in [0.1, 0.15) is 0 Å². The van der Waals surface area contributed by atoms with Crippen LogP contribution in [0.2, 0.25) is 0 Å². The molecule has 1 aromatic heterocycles. The number of hydrogen-bond acceptors (Lipinski definition) is 3. The Balaban J connectivity index is 2.04. The molecule has 0 aliphatic carbocycles. The smallest absolute Gasteiger partial charge is 0.150 e. The summed E-state index contributed by atoms with van der Waals surface area (Å²) in [7, 11) is 0. The highest BCUT2D eigenvalue weighted by atomic mass is 14.9. The summed E-state index contributed by atoms with van der Waals surface area (Å²) in [4.78, 5) is 8.87. The van der Waals surface area contributed by atoms with Crippen LogP contribution in [0.4, 0.5) is 5.82 Å². The topological polar surface area (TPSA) is 51.8 Å². The third-order valence-corrected chi connectivity index (χ3v) is 2.92. The van der Waals surface area contributed by atoms with Crippen molar-refractivity contribution in [3.8, 4) is 22.5 Å². The van der Waals surface area contributed by atoms with Crippen molar-refractivity contribution in [2.45, 2.75) is 0 Å². The van der Waals surface area contributed by atoms with Crippen molar-refractivity contribution in [1.82, 2.24) is 9.97 Å². The minimum Gasteiger partial charge on any atom is -0.382 e. The Bertz CT molecular complexity index is 679. The predicted molar refractivity (Wildman–Crippen MR) is 77.3 cm³/mol. The molecule has 2 N–H and O–H groups in total. The largest absolute Gasteiger partial charge is 0.382 e. The molecule has 0 radical (unpaired) electrons. The lowest BCUT2D eigenvalue weighted by molar-refractivity contribution is 1.22. The van der Waals surface area contributed by atoms with Crippen LogP contribution in [-0.2, 0) is 0 Å². The molecule has 92 valence electrons. The third kappa shape index (κ3) is 2.31. The van der Waals surface area contributed by atoms with Crippen molar-refractivity contribution in [2.75, 3.05) is 5.73 Å². The van der Waals surface area contributed by atoms with Gasteiger partial charge in [-0.15, -0.1) is 0 Å². The molecule has 3 aromatic rings. The van der Waals surface area contributed by atoms with Gasteiger partial charge >= 0.3 is 0 Å². The highest BCUT2D eigenvalue weighted by Gasteiger charge is 2.07. The first-order chi connectivity index (χ1) is 9.34. The van der Waals surface area contributed by atoms with Gasteiger partial charge in [-0.2, -0.15) is 0 Å². The van der Waals surface area contributed by atoms with Crippen LogP contribution in [0.3, 0.4) is 0 Å². The summed E-state index contributed by atoms with van der Waals surface area (Å²) in [5.74, 6) is 0.451. The average molecular weight is 247 g/mol. The van der Waals surface area contributed by atoms with E-state index in [9.17, 15) is 0 Å². The molecule has 0 saturated carbocycles. The van der Waals surface area contributed by atoms with Crippen LogP contribution in [0, 0.1) is 0 Å². The number of rotatable bonds is 2. The van der Waals surface area contributed by atoms with Crippen LogP contribution < -0.4 is 5.73 Å². The summed E-state index contributed by atoms with van der Waals surface area (Å²) < 4.78 is 0. The number of nitrogens with two attached hydrogens (primary N) is 1. The predicted octanol–water partition coefficient (Wildman–Crippen LogP) is 3.39. The van der Waals surface area contributed by atoms with Crippen LogP contribution in [0.15, 0.2) is 66.9 Å². The fourth-order valence-corrected chi connectivity index (χ4v) is 1.97. The Kier molecular flexibility index (Phi) is 2.94. The minimum atomic E-state index is 0.451. The van der Waals surface area contributed by atoms with E-state index in [0.29, 0.717) is 5.82 Å². The van der Waals surface area contributed by atoms with E-state index in [1.54, 1.807) is 6.20 Å². The molecular weight excluding hydrogens is 234 g/mol. The summed E-state index contributed by atoms with van der Waals surface area (Å²) in [6.07, 6.45) is 1.76. The highest BCUT2D eigenvalue weighted by molar-refractivity contribution is 5.72. The summed E-state index contributed by atoms with van der Waals surface area (Å²) in [5, 5.41) is 0. The maximum absolute atomic E-state index is 6.02. The fourth-order valence-electron chi connectivity index (χ4n) is 1.97. The second-order valence-corrected chi connectivity index (χ2v) is 4.22. The Labute approximate surface area is 111 Å². The first-order valence-electron chi connectivity index (χ1n) is 6.08. The molecule has 0 bridgehead atoms. The highest BCUT2D eigenvalue weighted by Crippen LogP contribution is 2.24. The van der Waals surface area contributed by atoms with Crippen LogP contribution in [0.5, 0.6) is 0 Å². The molecule has 0 amide bonds. The molecule has 0 spiro atoms. The van der Waals surface area contributed by atoms with Gasteiger partial charge in [0.25, 0.3) is 0 Å². The van der Waals surface area contributed by atoms with E-state index in [1.807, 2.05) is 60.7 Å². The van der Waals surface area contributed by atoms with Crippen LogP contribution >= 0.6 is 0 Å². The lowest BCUT2D eigenvalue weighted by atomic mass is 10.1. The zero-order valence-corrected chi connectivity index (χ0v) is 10.3. The van der Waals surface area contributed by atoms with Gasteiger partial charge in [0.2, 0.25) is 0 Å². The molecule has 0 fully saturated rings. The van der Waals surface area contributed by atoms with Gasteiger partial charge in [0.1, 0.15) is 5.69 Å². The maximum atomic E-state index is 6.02. The van der Waals surface area contributed by atoms with Gasteiger partial charge in [0, 0.05) is 11.1 Å². The second-order valence-electron chi connectivity index (χ2n) is 4.22. The number of hydrogen-bond donors (Lipinski definition) is 1. The summed E-state index contributed by atoms with van der Waals surface area (Å²) in [6.45, 7) is 0. The zero-order chi connectivity index (χ0) is 13.1. The average Bonchev–Trinajstić information content (AvgIpc) is 2.49. The van der Waals surface area contributed by atoms with Crippen molar-refractivity contribution in [3.63, 3.8) is 0 Å². The van der Waals surface area contributed by atoms with Crippen molar-refractivity contribution in [1.29, 1.82) is 0 Å². The lowest BCUT2D eigenvalue weighted by Gasteiger charge is -2.06. The standard InChI is InChI=1S/C16H13N3/c17-16-15(13-9-5-2-6-10-13)18-11-14(19-16)12-7-3-1-4-8-12/h1-11H,(H2,17,19). The normalized spacial score (nSPS) is 10.3. The molecule has 3 heteroatoms. The number of nitrogen functional groups attached to an aromatic ring is 1. The molecule has 0 aliphatic heterocycles. The zero-order valence-electron chi connectivity index (χ0n) is 10.3. The van der Waals surface area contributed by atoms with Gasteiger partial charge in [-0.25, -0.2) is 4.98 Å². The van der Waals surface area contributed by atoms with E-state index in [4.69, 9.17) is 5.73 Å². The number of anilines is 1. The number of aromatic nitrogens is 2. The third-order valence-electron chi connectivity index (χ3n) is 2.92. The fraction of sp³-hybridized carbons (Fsp3) is 0. The molecule has 1 heterocycles. The molecule has 19 heavy (non-hydrogen) atoms. The van der Waals surface area contributed by atoms with Gasteiger partial charge in [-0.05, 0) is 0 Å². The van der Waals surface area contributed by atoms with Gasteiger partial charge in [0.15, 0.2) is 5.82 Å². The summed E-state index contributed by atoms with van der Waals surface area (Å²) in [6, 6.07) is 19.7. The van der Waals surface area contributed by atoms with Crippen molar-refractivity contribution in [2.24, 2.45) is 0 Å². The van der Waals surface area contributed by atoms with E-state index in [0.717, 1.165) is 22.5 Å². The van der Waals surface area contributed by atoms with Crippen molar-refractivity contribution < 1.29 is 0 Å². The number of nitrogens with zero attached hydrogens (tertiary/aromatic N) is 2. The molecule has 2 aromatic carbocycles. The minimum absolute atomic E-state index is 0.451. The lowest BCUT2D eigenvalue weighted by Crippen LogP contribution is -1.98. The van der Waals surface area contributed by atoms with E-state index < -0.39 is 0 Å². The van der Waals surface area contributed by atoms with E-state index >= 15 is 0 Å². The molecule has 0 unspecified atom stereocenters. The molecular formula is C16H13N3. The summed E-state index contributed by atoms with van der Waals surface area (Å²) in [5.41, 5.74) is 9.52. The van der Waals surface area contributed by atoms with E-state index in [-0.39, 0.29) is 0 Å². The van der Waals surface area contributed by atoms with Gasteiger partial charge in [0.05, 0.1) is 11.9 Å². The SMILES string of the molecule is Nc1nc(-c2ccccc2)cnc1-c1ccccc1. The van der Waals surface area contributed by atoms with Crippen LogP contribution in [-0.4, -0.2) is 9.97 Å². The van der Waals surface area contributed by atoms with Crippen LogP contribution in [0.25, 0.3) is 22.5 Å². The second kappa shape index (κ2) is 4.90. The van der Waals surface area contributed by atoms with Gasteiger partial charge in [-0.1, -0.05) is 60.7 Å². The molecule has 0 saturated heterocycles. The first-order valence-corrected chi connectivity index (χ1v) is 6.08. The molecule has 3 rings (SSSR count). The summed E-state index contributed by atoms with van der Waals surface area (Å²) >= 11 is 0. The van der Waals surface area contributed by atoms with Crippen molar-refractivity contribution >= 4 is 5.82 Å². The Morgan fingerprint density at radius 3 is 1.89 bits per heavy atom. The van der Waals surface area contributed by atoms with Gasteiger partial charge in [-0.3, -0.25) is 4.98 Å².